The van der Waals surface area contributed by atoms with E-state index in [0.717, 1.165) is 0 Å². The van der Waals surface area contributed by atoms with Crippen LogP contribution in [0.5, 0.6) is 0 Å². The van der Waals surface area contributed by atoms with Gasteiger partial charge in [-0.05, 0) is 34.5 Å². The highest BCUT2D eigenvalue weighted by Gasteiger charge is 2.15. The standard InChI is InChI=1S/C8H21BN2/c1-8(10(3)4)7-9(2)11(5)6/h8H,7H2,1-6H3. The first-order valence-corrected chi connectivity index (χ1v) is 4.28. The molecule has 0 fully saturated rings. The molecule has 66 valence electrons. The van der Waals surface area contributed by atoms with E-state index in [2.05, 4.69) is 51.6 Å². The summed E-state index contributed by atoms with van der Waals surface area (Å²) in [6, 6.07) is 0.674. The van der Waals surface area contributed by atoms with Gasteiger partial charge in [0.2, 0.25) is 6.85 Å². The van der Waals surface area contributed by atoms with Crippen molar-refractivity contribution in [2.45, 2.75) is 26.1 Å². The Morgan fingerprint density at radius 3 is 1.91 bits per heavy atom. The number of hydrogen-bond acceptors (Lipinski definition) is 2. The minimum absolute atomic E-state index is 0.674. The average molecular weight is 156 g/mol. The second-order valence-electron chi connectivity index (χ2n) is 3.86. The van der Waals surface area contributed by atoms with Crippen molar-refractivity contribution in [1.82, 2.24) is 9.71 Å². The molecule has 2 nitrogen and oxygen atoms in total. The molecule has 0 saturated carbocycles. The largest absolute Gasteiger partial charge is 0.348 e. The van der Waals surface area contributed by atoms with Crippen molar-refractivity contribution in [3.63, 3.8) is 0 Å². The lowest BCUT2D eigenvalue weighted by Crippen LogP contribution is -2.36. The molecule has 0 aromatic heterocycles. The van der Waals surface area contributed by atoms with Gasteiger partial charge in [-0.25, -0.2) is 0 Å². The first-order chi connectivity index (χ1) is 4.95. The molecular formula is C8H21BN2. The van der Waals surface area contributed by atoms with Crippen LogP contribution in [0.3, 0.4) is 0 Å². The van der Waals surface area contributed by atoms with Crippen LogP contribution < -0.4 is 0 Å². The first-order valence-electron chi connectivity index (χ1n) is 4.28. The SMILES string of the molecule is CB(CC(C)N(C)C)N(C)C. The number of hydrogen-bond donors (Lipinski definition) is 0. The van der Waals surface area contributed by atoms with Gasteiger partial charge in [0, 0.05) is 6.04 Å². The minimum atomic E-state index is 0.674. The Bertz CT molecular complexity index is 92.3. The van der Waals surface area contributed by atoms with Gasteiger partial charge in [0.25, 0.3) is 0 Å². The monoisotopic (exact) mass is 156 g/mol. The molecule has 1 atom stereocenters. The fourth-order valence-corrected chi connectivity index (χ4v) is 0.915. The van der Waals surface area contributed by atoms with E-state index in [9.17, 15) is 0 Å². The summed E-state index contributed by atoms with van der Waals surface area (Å²) < 4.78 is 0. The van der Waals surface area contributed by atoms with Crippen molar-refractivity contribution in [2.75, 3.05) is 28.2 Å². The average Bonchev–Trinajstić information content (AvgIpc) is 1.87. The number of nitrogens with zero attached hydrogens (tertiary/aromatic N) is 2. The second kappa shape index (κ2) is 4.78. The zero-order valence-corrected chi connectivity index (χ0v) is 8.76. The molecule has 0 spiro atoms. The smallest absolute Gasteiger partial charge is 0.220 e. The van der Waals surface area contributed by atoms with E-state index in [1.807, 2.05) is 0 Å². The van der Waals surface area contributed by atoms with Crippen molar-refractivity contribution >= 4 is 6.85 Å². The molecule has 3 heteroatoms. The summed E-state index contributed by atoms with van der Waals surface area (Å²) in [4.78, 5) is 4.53. The van der Waals surface area contributed by atoms with E-state index in [0.29, 0.717) is 12.9 Å². The summed E-state index contributed by atoms with van der Waals surface area (Å²) in [6.45, 7) is 5.20. The van der Waals surface area contributed by atoms with Crippen molar-refractivity contribution in [2.24, 2.45) is 0 Å². The fourth-order valence-electron chi connectivity index (χ4n) is 0.915. The Labute approximate surface area is 71.7 Å². The maximum Gasteiger partial charge on any atom is 0.220 e. The molecule has 0 rings (SSSR count). The molecule has 11 heavy (non-hydrogen) atoms. The van der Waals surface area contributed by atoms with E-state index >= 15 is 0 Å². The Morgan fingerprint density at radius 1 is 1.18 bits per heavy atom. The van der Waals surface area contributed by atoms with Crippen molar-refractivity contribution in [1.29, 1.82) is 0 Å². The summed E-state index contributed by atoms with van der Waals surface area (Å²) in [5, 5.41) is 0. The normalized spacial score (nSPS) is 14.2. The molecule has 0 aliphatic rings. The van der Waals surface area contributed by atoms with Crippen molar-refractivity contribution in [3.05, 3.63) is 0 Å². The van der Waals surface area contributed by atoms with Crippen molar-refractivity contribution in [3.8, 4) is 0 Å². The third-order valence-electron chi connectivity index (χ3n) is 2.45. The van der Waals surface area contributed by atoms with E-state index < -0.39 is 0 Å². The van der Waals surface area contributed by atoms with Crippen LogP contribution in [-0.4, -0.2) is 50.8 Å². The topological polar surface area (TPSA) is 6.48 Å². The summed E-state index contributed by atoms with van der Waals surface area (Å²) in [7, 11) is 8.53. The Hall–Kier alpha value is -0.0151. The van der Waals surface area contributed by atoms with Gasteiger partial charge in [0.15, 0.2) is 0 Å². The van der Waals surface area contributed by atoms with Gasteiger partial charge >= 0.3 is 0 Å². The van der Waals surface area contributed by atoms with Crippen LogP contribution >= 0.6 is 0 Å². The lowest BCUT2D eigenvalue weighted by atomic mass is 9.58. The van der Waals surface area contributed by atoms with Crippen LogP contribution in [-0.2, 0) is 0 Å². The Kier molecular flexibility index (Phi) is 4.77. The van der Waals surface area contributed by atoms with E-state index in [1.54, 1.807) is 0 Å². The summed E-state index contributed by atoms with van der Waals surface area (Å²) in [5.41, 5.74) is 0. The highest BCUT2D eigenvalue weighted by molar-refractivity contribution is 6.54. The maximum absolute atomic E-state index is 2.26. The minimum Gasteiger partial charge on any atom is -0.348 e. The van der Waals surface area contributed by atoms with Gasteiger partial charge in [-0.15, -0.1) is 0 Å². The zero-order valence-electron chi connectivity index (χ0n) is 8.76. The highest BCUT2D eigenvalue weighted by Crippen LogP contribution is 2.04. The van der Waals surface area contributed by atoms with E-state index in [1.165, 1.54) is 6.32 Å². The third-order valence-corrected chi connectivity index (χ3v) is 2.45. The molecule has 1 unspecified atom stereocenters. The molecular weight excluding hydrogens is 135 g/mol. The molecule has 0 bridgehead atoms. The van der Waals surface area contributed by atoms with Gasteiger partial charge in [0.1, 0.15) is 0 Å². The Morgan fingerprint density at radius 2 is 1.64 bits per heavy atom. The molecule has 0 radical (unpaired) electrons. The predicted molar refractivity (Wildman–Crippen MR) is 53.3 cm³/mol. The Balaban J connectivity index is 3.66. The van der Waals surface area contributed by atoms with E-state index in [4.69, 9.17) is 0 Å². The molecule has 0 saturated heterocycles. The van der Waals surface area contributed by atoms with Crippen LogP contribution in [0.2, 0.25) is 13.1 Å². The molecule has 0 aliphatic heterocycles. The van der Waals surface area contributed by atoms with Crippen LogP contribution in [0.25, 0.3) is 0 Å². The lowest BCUT2D eigenvalue weighted by Gasteiger charge is -2.24. The van der Waals surface area contributed by atoms with Gasteiger partial charge < -0.3 is 9.71 Å². The first kappa shape index (κ1) is 11.0. The maximum atomic E-state index is 2.26. The third kappa shape index (κ3) is 4.43. The lowest BCUT2D eigenvalue weighted by molar-refractivity contribution is 0.330. The summed E-state index contributed by atoms with van der Waals surface area (Å²) in [6.07, 6.45) is 1.24. The quantitative estimate of drug-likeness (QED) is 0.562. The molecule has 0 heterocycles. The molecule has 0 aliphatic carbocycles. The van der Waals surface area contributed by atoms with Crippen LogP contribution in [0.1, 0.15) is 6.92 Å². The predicted octanol–water partition coefficient (Wildman–Crippen LogP) is 1.12. The molecule has 0 aromatic rings. The second-order valence-corrected chi connectivity index (χ2v) is 3.86. The van der Waals surface area contributed by atoms with Gasteiger partial charge in [-0.3, -0.25) is 0 Å². The van der Waals surface area contributed by atoms with Crippen LogP contribution in [0.4, 0.5) is 0 Å². The fraction of sp³-hybridized carbons (Fsp3) is 1.00. The van der Waals surface area contributed by atoms with Crippen LogP contribution in [0.15, 0.2) is 0 Å². The summed E-state index contributed by atoms with van der Waals surface area (Å²) >= 11 is 0. The van der Waals surface area contributed by atoms with Crippen molar-refractivity contribution < 1.29 is 0 Å². The summed E-state index contributed by atoms with van der Waals surface area (Å²) in [5.74, 6) is 0. The van der Waals surface area contributed by atoms with Gasteiger partial charge in [-0.2, -0.15) is 0 Å². The number of rotatable bonds is 4. The van der Waals surface area contributed by atoms with Gasteiger partial charge in [-0.1, -0.05) is 13.7 Å². The van der Waals surface area contributed by atoms with Crippen LogP contribution in [0, 0.1) is 0 Å². The molecule has 0 amide bonds. The van der Waals surface area contributed by atoms with Gasteiger partial charge in [0.05, 0.1) is 0 Å². The van der Waals surface area contributed by atoms with E-state index in [-0.39, 0.29) is 0 Å². The highest BCUT2D eigenvalue weighted by atomic mass is 15.1. The molecule has 0 N–H and O–H groups in total. The molecule has 0 aromatic carbocycles. The zero-order chi connectivity index (χ0) is 9.02.